The van der Waals surface area contributed by atoms with Crippen molar-refractivity contribution in [2.24, 2.45) is 0 Å². The minimum Gasteiger partial charge on any atom is -0.480 e. The lowest BCUT2D eigenvalue weighted by atomic mass is 10.1. The van der Waals surface area contributed by atoms with Gasteiger partial charge in [-0.2, -0.15) is 13.2 Å². The summed E-state index contributed by atoms with van der Waals surface area (Å²) in [5, 5.41) is 10.2. The Labute approximate surface area is 174 Å². The molecule has 0 aliphatic carbocycles. The van der Waals surface area contributed by atoms with Crippen molar-refractivity contribution in [2.75, 3.05) is 13.2 Å². The summed E-state index contributed by atoms with van der Waals surface area (Å²) in [4.78, 5) is 21.1. The second kappa shape index (κ2) is 9.35. The third-order valence-electron chi connectivity index (χ3n) is 3.76. The first kappa shape index (κ1) is 23.5. The standard InChI is InChI=1S/C18H15ClF3NO6S/c19-14-9-13(5-6-15(14)29-10-16(24)25)30(27,28)12-3-1-11(2-4-12)7-8-23-17(26)18(20,21)22/h1-6,9H,7-8,10H2,(H,23,26)(H,24,25). The first-order valence-electron chi connectivity index (χ1n) is 8.24. The molecular formula is C18H15ClF3NO6S. The molecule has 7 nitrogen and oxygen atoms in total. The molecule has 2 N–H and O–H groups in total. The summed E-state index contributed by atoms with van der Waals surface area (Å²) in [6.45, 7) is -0.908. The fourth-order valence-corrected chi connectivity index (χ4v) is 3.88. The molecule has 2 aromatic rings. The van der Waals surface area contributed by atoms with Gasteiger partial charge < -0.3 is 15.2 Å². The molecule has 0 atom stereocenters. The quantitative estimate of drug-likeness (QED) is 0.620. The Morgan fingerprint density at radius 1 is 1.07 bits per heavy atom. The number of carboxylic acid groups (broad SMARTS) is 1. The van der Waals surface area contributed by atoms with Crippen LogP contribution in [0.3, 0.4) is 0 Å². The van der Waals surface area contributed by atoms with Crippen LogP contribution in [0.4, 0.5) is 13.2 Å². The van der Waals surface area contributed by atoms with E-state index in [1.165, 1.54) is 36.4 Å². The van der Waals surface area contributed by atoms with Crippen molar-refractivity contribution in [1.82, 2.24) is 5.32 Å². The molecule has 0 aliphatic rings. The highest BCUT2D eigenvalue weighted by Crippen LogP contribution is 2.30. The van der Waals surface area contributed by atoms with Crippen LogP contribution in [0.1, 0.15) is 5.56 Å². The van der Waals surface area contributed by atoms with Gasteiger partial charge in [0.1, 0.15) is 5.75 Å². The minimum atomic E-state index is -4.96. The number of benzene rings is 2. The SMILES string of the molecule is O=C(O)COc1ccc(S(=O)(=O)c2ccc(CCNC(=O)C(F)(F)F)cc2)cc1Cl. The number of alkyl halides is 3. The van der Waals surface area contributed by atoms with Crippen molar-refractivity contribution in [3.63, 3.8) is 0 Å². The Hall–Kier alpha value is -2.79. The number of hydrogen-bond acceptors (Lipinski definition) is 5. The number of halogens is 4. The molecule has 0 radical (unpaired) electrons. The van der Waals surface area contributed by atoms with Crippen LogP contribution >= 0.6 is 11.6 Å². The molecule has 0 saturated carbocycles. The van der Waals surface area contributed by atoms with Crippen molar-refractivity contribution in [3.05, 3.63) is 53.1 Å². The zero-order chi connectivity index (χ0) is 22.5. The normalized spacial score (nSPS) is 11.7. The monoisotopic (exact) mass is 465 g/mol. The topological polar surface area (TPSA) is 110 Å². The lowest BCUT2D eigenvalue weighted by Crippen LogP contribution is -2.37. The molecule has 12 heteroatoms. The van der Waals surface area contributed by atoms with E-state index < -0.39 is 34.5 Å². The first-order chi connectivity index (χ1) is 13.9. The predicted molar refractivity (Wildman–Crippen MR) is 99.2 cm³/mol. The number of aliphatic carboxylic acids is 1. The summed E-state index contributed by atoms with van der Waals surface area (Å²) < 4.78 is 66.8. The van der Waals surface area contributed by atoms with Gasteiger partial charge in [-0.3, -0.25) is 4.79 Å². The van der Waals surface area contributed by atoms with E-state index in [-0.39, 0.29) is 33.5 Å². The number of amides is 1. The highest BCUT2D eigenvalue weighted by atomic mass is 35.5. The van der Waals surface area contributed by atoms with E-state index in [2.05, 4.69) is 0 Å². The maximum Gasteiger partial charge on any atom is 0.471 e. The van der Waals surface area contributed by atoms with Crippen LogP contribution in [0.15, 0.2) is 52.3 Å². The molecule has 30 heavy (non-hydrogen) atoms. The van der Waals surface area contributed by atoms with Crippen molar-refractivity contribution in [2.45, 2.75) is 22.4 Å². The molecule has 162 valence electrons. The number of rotatable bonds is 8. The van der Waals surface area contributed by atoms with Crippen LogP contribution in [0, 0.1) is 0 Å². The summed E-state index contributed by atoms with van der Waals surface area (Å²) >= 11 is 5.95. The van der Waals surface area contributed by atoms with Crippen molar-refractivity contribution in [3.8, 4) is 5.75 Å². The summed E-state index contributed by atoms with van der Waals surface area (Å²) in [6, 6.07) is 8.94. The first-order valence-corrected chi connectivity index (χ1v) is 10.1. The average molecular weight is 466 g/mol. The Kier molecular flexibility index (Phi) is 7.32. The van der Waals surface area contributed by atoms with Crippen LogP contribution < -0.4 is 10.1 Å². The lowest BCUT2D eigenvalue weighted by molar-refractivity contribution is -0.173. The van der Waals surface area contributed by atoms with E-state index in [0.29, 0.717) is 5.56 Å². The molecule has 0 fully saturated rings. The number of carbonyl (C=O) groups is 2. The smallest absolute Gasteiger partial charge is 0.471 e. The Bertz CT molecular complexity index is 1040. The average Bonchev–Trinajstić information content (AvgIpc) is 2.66. The molecule has 0 saturated heterocycles. The number of carboxylic acids is 1. The van der Waals surface area contributed by atoms with Gasteiger partial charge in [0.15, 0.2) is 6.61 Å². The van der Waals surface area contributed by atoms with Crippen LogP contribution in [-0.2, 0) is 25.8 Å². The number of hydrogen-bond donors (Lipinski definition) is 2. The number of ether oxygens (including phenoxy) is 1. The van der Waals surface area contributed by atoms with Gasteiger partial charge in [0.25, 0.3) is 0 Å². The third kappa shape index (κ3) is 6.10. The predicted octanol–water partition coefficient (Wildman–Crippen LogP) is 2.86. The zero-order valence-electron chi connectivity index (χ0n) is 15.1. The maximum absolute atomic E-state index is 12.7. The van der Waals surface area contributed by atoms with E-state index >= 15 is 0 Å². The fourth-order valence-electron chi connectivity index (χ4n) is 2.30. The van der Waals surface area contributed by atoms with Crippen LogP contribution in [0.2, 0.25) is 5.02 Å². The van der Waals surface area contributed by atoms with Gasteiger partial charge in [-0.15, -0.1) is 0 Å². The molecule has 1 amide bonds. The van der Waals surface area contributed by atoms with Gasteiger partial charge in [-0.05, 0) is 42.3 Å². The van der Waals surface area contributed by atoms with Crippen LogP contribution in [-0.4, -0.2) is 44.7 Å². The summed E-state index contributed by atoms with van der Waals surface area (Å²) in [7, 11) is -3.95. The highest BCUT2D eigenvalue weighted by Gasteiger charge is 2.38. The number of sulfone groups is 1. The fraction of sp³-hybridized carbons (Fsp3) is 0.222. The molecular weight excluding hydrogens is 451 g/mol. The summed E-state index contributed by atoms with van der Waals surface area (Å²) in [6.07, 6.45) is -4.89. The van der Waals surface area contributed by atoms with Crippen molar-refractivity contribution >= 4 is 33.3 Å². The zero-order valence-corrected chi connectivity index (χ0v) is 16.6. The highest BCUT2D eigenvalue weighted by molar-refractivity contribution is 7.91. The van der Waals surface area contributed by atoms with Gasteiger partial charge in [0.2, 0.25) is 9.84 Å². The van der Waals surface area contributed by atoms with Crippen molar-refractivity contribution in [1.29, 1.82) is 0 Å². The molecule has 0 bridgehead atoms. The second-order valence-corrected chi connectivity index (χ2v) is 8.28. The second-order valence-electron chi connectivity index (χ2n) is 5.93. The van der Waals surface area contributed by atoms with Crippen molar-refractivity contribution < 1.29 is 41.0 Å². The van der Waals surface area contributed by atoms with Gasteiger partial charge >= 0.3 is 18.1 Å². The Balaban J connectivity index is 2.09. The minimum absolute atomic E-state index is 0.00858. The van der Waals surface area contributed by atoms with Crippen LogP contribution in [0.25, 0.3) is 0 Å². The maximum atomic E-state index is 12.7. The number of carbonyl (C=O) groups excluding carboxylic acids is 1. The summed E-state index contributed by atoms with van der Waals surface area (Å²) in [5.74, 6) is -3.26. The molecule has 0 unspecified atom stereocenters. The van der Waals surface area contributed by atoms with E-state index in [1.807, 2.05) is 0 Å². The Morgan fingerprint density at radius 3 is 2.20 bits per heavy atom. The van der Waals surface area contributed by atoms with E-state index in [9.17, 15) is 31.2 Å². The Morgan fingerprint density at radius 2 is 1.67 bits per heavy atom. The molecule has 0 aliphatic heterocycles. The van der Waals surface area contributed by atoms with Gasteiger partial charge in [0.05, 0.1) is 14.8 Å². The van der Waals surface area contributed by atoms with Crippen LogP contribution in [0.5, 0.6) is 5.75 Å². The van der Waals surface area contributed by atoms with Gasteiger partial charge in [0, 0.05) is 6.54 Å². The molecule has 2 rings (SSSR count). The van der Waals surface area contributed by atoms with Gasteiger partial charge in [-0.25, -0.2) is 13.2 Å². The summed E-state index contributed by atoms with van der Waals surface area (Å²) in [5.41, 5.74) is 0.520. The van der Waals surface area contributed by atoms with E-state index in [0.717, 1.165) is 6.07 Å². The molecule has 0 aromatic heterocycles. The lowest BCUT2D eigenvalue weighted by Gasteiger charge is -2.10. The largest absolute Gasteiger partial charge is 0.480 e. The molecule has 0 heterocycles. The van der Waals surface area contributed by atoms with Gasteiger partial charge in [-0.1, -0.05) is 23.7 Å². The molecule has 2 aromatic carbocycles. The van der Waals surface area contributed by atoms with E-state index in [1.54, 1.807) is 5.32 Å². The van der Waals surface area contributed by atoms with E-state index in [4.69, 9.17) is 21.4 Å². The third-order valence-corrected chi connectivity index (χ3v) is 5.82. The number of nitrogens with one attached hydrogen (secondary N) is 1. The molecule has 0 spiro atoms.